The molecule has 176 valence electrons. The lowest BCUT2D eigenvalue weighted by Crippen LogP contribution is -2.29. The van der Waals surface area contributed by atoms with Gasteiger partial charge in [0.25, 0.3) is 23.6 Å². The molecule has 0 unspecified atom stereocenters. The highest BCUT2D eigenvalue weighted by atomic mass is 16.5. The number of esters is 1. The third-order valence-corrected chi connectivity index (χ3v) is 5.37. The van der Waals surface area contributed by atoms with Crippen LogP contribution in [0, 0.1) is 0 Å². The van der Waals surface area contributed by atoms with Gasteiger partial charge in [-0.2, -0.15) is 0 Å². The summed E-state index contributed by atoms with van der Waals surface area (Å²) in [6.07, 6.45) is 0. The van der Waals surface area contributed by atoms with Gasteiger partial charge in [0.1, 0.15) is 0 Å². The van der Waals surface area contributed by atoms with E-state index < -0.39 is 30.3 Å². The molecule has 1 aliphatic rings. The van der Waals surface area contributed by atoms with Crippen molar-refractivity contribution in [3.05, 3.63) is 101 Å². The lowest BCUT2D eigenvalue weighted by molar-refractivity contribution is -0.119. The number of nitrogens with one attached hydrogen (secondary N) is 2. The second kappa shape index (κ2) is 10.0. The second-order valence-electron chi connectivity index (χ2n) is 7.72. The van der Waals surface area contributed by atoms with E-state index in [0.717, 1.165) is 4.90 Å². The summed E-state index contributed by atoms with van der Waals surface area (Å²) < 4.78 is 5.10. The van der Waals surface area contributed by atoms with E-state index in [2.05, 4.69) is 10.6 Å². The summed E-state index contributed by atoms with van der Waals surface area (Å²) in [6.45, 7) is -0.515. The van der Waals surface area contributed by atoms with Gasteiger partial charge in [0, 0.05) is 18.3 Å². The van der Waals surface area contributed by atoms with Crippen LogP contribution >= 0.6 is 0 Å². The van der Waals surface area contributed by atoms with E-state index in [4.69, 9.17) is 4.74 Å². The van der Waals surface area contributed by atoms with Gasteiger partial charge in [-0.25, -0.2) is 4.79 Å². The first kappa shape index (κ1) is 23.4. The number of carbonyl (C=O) groups is 5. The molecule has 3 aromatic carbocycles. The number of hydrogen-bond acceptors (Lipinski definition) is 6. The van der Waals surface area contributed by atoms with Crippen molar-refractivity contribution in [2.45, 2.75) is 6.54 Å². The second-order valence-corrected chi connectivity index (χ2v) is 7.72. The van der Waals surface area contributed by atoms with Gasteiger partial charge in [-0.05, 0) is 54.1 Å². The van der Waals surface area contributed by atoms with Crippen molar-refractivity contribution in [2.24, 2.45) is 0 Å². The van der Waals surface area contributed by atoms with E-state index in [1.807, 2.05) is 0 Å². The first-order chi connectivity index (χ1) is 16.9. The normalized spacial score (nSPS) is 12.2. The number of benzene rings is 3. The molecule has 4 rings (SSSR count). The van der Waals surface area contributed by atoms with Crippen LogP contribution in [0.2, 0.25) is 0 Å². The molecule has 4 amide bonds. The molecule has 0 saturated heterocycles. The Morgan fingerprint density at radius 1 is 0.829 bits per heavy atom. The van der Waals surface area contributed by atoms with Crippen molar-refractivity contribution >= 4 is 35.3 Å². The lowest BCUT2D eigenvalue weighted by Gasteiger charge is -2.14. The average Bonchev–Trinajstić information content (AvgIpc) is 3.12. The van der Waals surface area contributed by atoms with Crippen LogP contribution in [0.3, 0.4) is 0 Å². The van der Waals surface area contributed by atoms with Crippen LogP contribution in [0.4, 0.5) is 5.69 Å². The molecule has 9 heteroatoms. The number of hydrogen-bond donors (Lipinski definition) is 2. The average molecular weight is 471 g/mol. The van der Waals surface area contributed by atoms with Crippen LogP contribution in [-0.4, -0.2) is 48.2 Å². The van der Waals surface area contributed by atoms with Crippen LogP contribution in [-0.2, 0) is 16.1 Å². The van der Waals surface area contributed by atoms with Crippen LogP contribution < -0.4 is 10.6 Å². The van der Waals surface area contributed by atoms with E-state index in [1.165, 1.54) is 19.2 Å². The van der Waals surface area contributed by atoms with Gasteiger partial charge in [-0.15, -0.1) is 0 Å². The maximum Gasteiger partial charge on any atom is 0.338 e. The van der Waals surface area contributed by atoms with Crippen LogP contribution in [0.1, 0.15) is 47.0 Å². The van der Waals surface area contributed by atoms with Gasteiger partial charge < -0.3 is 15.4 Å². The van der Waals surface area contributed by atoms with E-state index in [1.54, 1.807) is 60.7 Å². The predicted molar refractivity (Wildman–Crippen MR) is 126 cm³/mol. The molecule has 0 spiro atoms. The number of imide groups is 1. The Morgan fingerprint density at radius 2 is 1.49 bits per heavy atom. The molecule has 35 heavy (non-hydrogen) atoms. The molecule has 0 aliphatic carbocycles. The molecule has 0 fully saturated rings. The van der Waals surface area contributed by atoms with Crippen molar-refractivity contribution in [1.29, 1.82) is 0 Å². The Morgan fingerprint density at radius 3 is 2.11 bits per heavy atom. The zero-order chi connectivity index (χ0) is 24.9. The largest absolute Gasteiger partial charge is 0.452 e. The van der Waals surface area contributed by atoms with Gasteiger partial charge in [0.15, 0.2) is 6.61 Å². The zero-order valence-electron chi connectivity index (χ0n) is 18.7. The number of anilines is 1. The SMILES string of the molecule is CNC(=O)c1ccc(NC(=O)COC(=O)c2cccc(CN3C(=O)c4ccccc4C3=O)c2)cc1. The van der Waals surface area contributed by atoms with Gasteiger partial charge in [0.05, 0.1) is 23.2 Å². The Kier molecular flexibility index (Phi) is 6.68. The minimum atomic E-state index is -0.723. The van der Waals surface area contributed by atoms with E-state index in [-0.39, 0.29) is 18.0 Å². The van der Waals surface area contributed by atoms with Gasteiger partial charge in [0.2, 0.25) is 0 Å². The number of nitrogens with zero attached hydrogens (tertiary/aromatic N) is 1. The molecular formula is C26H21N3O6. The highest BCUT2D eigenvalue weighted by Crippen LogP contribution is 2.24. The smallest absolute Gasteiger partial charge is 0.338 e. The standard InChI is InChI=1S/C26H21N3O6/c1-27-23(31)17-9-11-19(12-10-17)28-22(30)15-35-26(34)18-6-4-5-16(13-18)14-29-24(32)20-7-2-3-8-21(20)25(29)33/h2-13H,14-15H2,1H3,(H,27,31)(H,28,30). The summed E-state index contributed by atoms with van der Waals surface area (Å²) in [5.41, 5.74) is 2.33. The lowest BCUT2D eigenvalue weighted by atomic mass is 10.1. The van der Waals surface area contributed by atoms with Gasteiger partial charge in [-0.1, -0.05) is 24.3 Å². The van der Waals surface area contributed by atoms with Crippen LogP contribution in [0.15, 0.2) is 72.8 Å². The fourth-order valence-corrected chi connectivity index (χ4v) is 3.62. The number of rotatable bonds is 7. The summed E-state index contributed by atoms with van der Waals surface area (Å²) in [6, 6.07) is 19.2. The fourth-order valence-electron chi connectivity index (χ4n) is 3.62. The van der Waals surface area contributed by atoms with E-state index in [0.29, 0.717) is 27.9 Å². The molecule has 2 N–H and O–H groups in total. The van der Waals surface area contributed by atoms with Gasteiger partial charge in [-0.3, -0.25) is 24.1 Å². The molecule has 0 radical (unpaired) electrons. The minimum Gasteiger partial charge on any atom is -0.452 e. The molecular weight excluding hydrogens is 450 g/mol. The Bertz CT molecular complexity index is 1300. The van der Waals surface area contributed by atoms with Crippen LogP contribution in [0.25, 0.3) is 0 Å². The zero-order valence-corrected chi connectivity index (χ0v) is 18.7. The predicted octanol–water partition coefficient (Wildman–Crippen LogP) is 2.64. The van der Waals surface area contributed by atoms with E-state index in [9.17, 15) is 24.0 Å². The third-order valence-electron chi connectivity index (χ3n) is 5.37. The van der Waals surface area contributed by atoms with Crippen molar-refractivity contribution in [3.8, 4) is 0 Å². The third kappa shape index (κ3) is 5.09. The van der Waals surface area contributed by atoms with E-state index >= 15 is 0 Å². The van der Waals surface area contributed by atoms with Gasteiger partial charge >= 0.3 is 5.97 Å². The highest BCUT2D eigenvalue weighted by molar-refractivity contribution is 6.21. The summed E-state index contributed by atoms with van der Waals surface area (Å²) in [7, 11) is 1.52. The molecule has 1 aliphatic heterocycles. The molecule has 0 atom stereocenters. The first-order valence-corrected chi connectivity index (χ1v) is 10.7. The maximum atomic E-state index is 12.6. The molecule has 0 aromatic heterocycles. The monoisotopic (exact) mass is 471 g/mol. The minimum absolute atomic E-state index is 0.00000221. The molecule has 0 bridgehead atoms. The summed E-state index contributed by atoms with van der Waals surface area (Å²) in [5.74, 6) is -2.30. The van der Waals surface area contributed by atoms with Crippen molar-refractivity contribution in [1.82, 2.24) is 10.2 Å². The molecule has 9 nitrogen and oxygen atoms in total. The number of amides is 4. The Balaban J connectivity index is 1.34. The quantitative estimate of drug-likeness (QED) is 0.404. The molecule has 3 aromatic rings. The fraction of sp³-hybridized carbons (Fsp3) is 0.115. The topological polar surface area (TPSA) is 122 Å². The van der Waals surface area contributed by atoms with Crippen molar-refractivity contribution in [2.75, 3.05) is 19.0 Å². The maximum absolute atomic E-state index is 12.6. The number of carbonyl (C=O) groups excluding carboxylic acids is 5. The van der Waals surface area contributed by atoms with Crippen molar-refractivity contribution < 1.29 is 28.7 Å². The molecule has 0 saturated carbocycles. The van der Waals surface area contributed by atoms with Crippen molar-refractivity contribution in [3.63, 3.8) is 0 Å². The number of ether oxygens (including phenoxy) is 1. The summed E-state index contributed by atoms with van der Waals surface area (Å²) >= 11 is 0. The van der Waals surface area contributed by atoms with Crippen LogP contribution in [0.5, 0.6) is 0 Å². The summed E-state index contributed by atoms with van der Waals surface area (Å²) in [4.78, 5) is 62.5. The number of fused-ring (bicyclic) bond motifs is 1. The Labute approximate surface area is 200 Å². The summed E-state index contributed by atoms with van der Waals surface area (Å²) in [5, 5.41) is 5.08. The molecule has 1 heterocycles. The highest BCUT2D eigenvalue weighted by Gasteiger charge is 2.35. The first-order valence-electron chi connectivity index (χ1n) is 10.7. The Hall–Kier alpha value is -4.79.